The minimum absolute atomic E-state index is 0.0825. The second kappa shape index (κ2) is 9.23. The van der Waals surface area contributed by atoms with E-state index in [0.29, 0.717) is 23.3 Å². The Balaban J connectivity index is 2.54. The fourth-order valence-corrected chi connectivity index (χ4v) is 2.64. The summed E-state index contributed by atoms with van der Waals surface area (Å²) in [4.78, 5) is 0. The van der Waals surface area contributed by atoms with E-state index >= 15 is 0 Å². The van der Waals surface area contributed by atoms with Crippen LogP contribution < -0.4 is 0 Å². The Morgan fingerprint density at radius 3 is 2.86 bits per heavy atom. The van der Waals surface area contributed by atoms with Gasteiger partial charge in [-0.05, 0) is 19.2 Å². The van der Waals surface area contributed by atoms with E-state index in [9.17, 15) is 5.11 Å². The number of nitrogens with zero attached hydrogens (tertiary/aromatic N) is 2. The van der Waals surface area contributed by atoms with Gasteiger partial charge in [-0.15, -0.1) is 0 Å². The number of thiol groups is 1. The summed E-state index contributed by atoms with van der Waals surface area (Å²) in [6.07, 6.45) is 7.40. The van der Waals surface area contributed by atoms with Crippen LogP contribution in [0.1, 0.15) is 39.0 Å². The van der Waals surface area contributed by atoms with Crippen molar-refractivity contribution in [3.05, 3.63) is 11.6 Å². The van der Waals surface area contributed by atoms with E-state index in [4.69, 9.17) is 10.1 Å². The molecule has 0 saturated heterocycles. The predicted molar refractivity (Wildman–Crippen MR) is 89.9 cm³/mol. The van der Waals surface area contributed by atoms with E-state index in [0.717, 1.165) is 31.4 Å². The Bertz CT molecular complexity index is 410. The number of rotatable bonds is 8. The van der Waals surface area contributed by atoms with Crippen molar-refractivity contribution < 1.29 is 14.3 Å². The van der Waals surface area contributed by atoms with Crippen LogP contribution in [0.15, 0.2) is 16.0 Å². The molecule has 0 aromatic carbocycles. The number of aliphatic hydroxyl groups is 1. The van der Waals surface area contributed by atoms with Gasteiger partial charge in [0.15, 0.2) is 6.73 Å². The van der Waals surface area contributed by atoms with Crippen LogP contribution in [0.2, 0.25) is 0 Å². The van der Waals surface area contributed by atoms with Gasteiger partial charge >= 0.3 is 0 Å². The molecule has 0 bridgehead atoms. The first-order valence-corrected chi connectivity index (χ1v) is 8.04. The third-order valence-corrected chi connectivity index (χ3v) is 4.02. The van der Waals surface area contributed by atoms with E-state index in [1.165, 1.54) is 12.8 Å². The lowest BCUT2D eigenvalue weighted by atomic mass is 10.0. The Labute approximate surface area is 133 Å². The van der Waals surface area contributed by atoms with Crippen molar-refractivity contribution in [3.63, 3.8) is 0 Å². The molecule has 1 heterocycles. The Morgan fingerprint density at radius 1 is 1.48 bits per heavy atom. The minimum atomic E-state index is 0.0825. The fraction of sp³-hybridized carbons (Fsp3) is 0.733. The maximum atomic E-state index is 9.49. The minimum Gasteiger partial charge on any atom is -0.477 e. The van der Waals surface area contributed by atoms with Gasteiger partial charge < -0.3 is 9.84 Å². The van der Waals surface area contributed by atoms with E-state index in [1.54, 1.807) is 0 Å². The fourth-order valence-electron chi connectivity index (χ4n) is 2.42. The first kappa shape index (κ1) is 18.2. The first-order chi connectivity index (χ1) is 10.1. The van der Waals surface area contributed by atoms with E-state index in [1.807, 2.05) is 7.05 Å². The van der Waals surface area contributed by atoms with Crippen molar-refractivity contribution in [2.45, 2.75) is 39.0 Å². The molecule has 0 aliphatic carbocycles. The number of ether oxygens (including phenoxy) is 1. The van der Waals surface area contributed by atoms with Crippen LogP contribution in [0.3, 0.4) is 0 Å². The zero-order chi connectivity index (χ0) is 15.7. The molecule has 1 rings (SSSR count). The highest BCUT2D eigenvalue weighted by atomic mass is 32.1. The second-order valence-electron chi connectivity index (χ2n) is 5.85. The van der Waals surface area contributed by atoms with Gasteiger partial charge in [-0.3, -0.25) is 9.89 Å². The molecule has 1 aliphatic heterocycles. The van der Waals surface area contributed by atoms with Crippen LogP contribution in [0, 0.1) is 5.41 Å². The number of likely N-dealkylation sites (N-methyl/N-ethyl adjacent to an activating group) is 1. The lowest BCUT2D eigenvalue weighted by Gasteiger charge is -2.35. The van der Waals surface area contributed by atoms with Crippen LogP contribution in [0.4, 0.5) is 0 Å². The average Bonchev–Trinajstić information content (AvgIpc) is 2.48. The summed E-state index contributed by atoms with van der Waals surface area (Å²) in [5.41, 5.74) is 1.43. The first-order valence-electron chi connectivity index (χ1n) is 7.64. The van der Waals surface area contributed by atoms with Crippen molar-refractivity contribution in [3.8, 4) is 0 Å². The molecule has 0 spiro atoms. The maximum Gasteiger partial charge on any atom is 0.233 e. The zero-order valence-corrected chi connectivity index (χ0v) is 14.0. The molecule has 1 atom stereocenters. The number of hydrogen-bond acceptors (Lipinski definition) is 5. The summed E-state index contributed by atoms with van der Waals surface area (Å²) in [6.45, 7) is 4.34. The lowest BCUT2D eigenvalue weighted by molar-refractivity contribution is -0.923. The third kappa shape index (κ3) is 5.80. The summed E-state index contributed by atoms with van der Waals surface area (Å²) in [5, 5.41) is 17.5. The summed E-state index contributed by atoms with van der Waals surface area (Å²) >= 11 is 3.99. The van der Waals surface area contributed by atoms with Crippen molar-refractivity contribution in [2.24, 2.45) is 4.40 Å². The number of nitrogens with one attached hydrogen (secondary N) is 1. The van der Waals surface area contributed by atoms with Crippen LogP contribution >= 0.6 is 12.8 Å². The molecule has 0 radical (unpaired) electrons. The molecule has 6 heteroatoms. The summed E-state index contributed by atoms with van der Waals surface area (Å²) in [5.74, 6) is 0.0825. The van der Waals surface area contributed by atoms with Gasteiger partial charge in [0, 0.05) is 12.0 Å². The molecule has 0 aromatic heterocycles. The standard InChI is InChI=1S/C15H27N3O2S/c1-3-4-5-6-10-20-15(16)14(17-21)13-8-7-9-18(2,11-13)12-19/h8,16,19H,3-7,9-12H2,1-2H3/p+1/b16-15?,17-14-. The Kier molecular flexibility index (Phi) is 8.00. The van der Waals surface area contributed by atoms with E-state index in [2.05, 4.69) is 30.2 Å². The average molecular weight is 314 g/mol. The van der Waals surface area contributed by atoms with Crippen molar-refractivity contribution in [2.75, 3.05) is 33.5 Å². The maximum absolute atomic E-state index is 9.49. The Morgan fingerprint density at radius 2 is 2.24 bits per heavy atom. The Hall–Kier alpha value is -0.850. The third-order valence-electron chi connectivity index (χ3n) is 3.82. The van der Waals surface area contributed by atoms with Gasteiger partial charge in [0.1, 0.15) is 12.3 Å². The predicted octanol–water partition coefficient (Wildman–Crippen LogP) is 2.57. The highest BCUT2D eigenvalue weighted by molar-refractivity contribution is 7.79. The largest absolute Gasteiger partial charge is 0.477 e. The van der Waals surface area contributed by atoms with E-state index in [-0.39, 0.29) is 12.6 Å². The van der Waals surface area contributed by atoms with Gasteiger partial charge in [-0.25, -0.2) is 4.40 Å². The molecule has 1 aliphatic rings. The number of quaternary nitrogens is 1. The zero-order valence-electron chi connectivity index (χ0n) is 13.1. The van der Waals surface area contributed by atoms with Crippen LogP contribution in [0.5, 0.6) is 0 Å². The molecule has 0 aromatic rings. The van der Waals surface area contributed by atoms with Gasteiger partial charge in [0.2, 0.25) is 5.90 Å². The molecule has 21 heavy (non-hydrogen) atoms. The van der Waals surface area contributed by atoms with E-state index < -0.39 is 0 Å². The number of aliphatic hydroxyl groups excluding tert-OH is 1. The number of hydrogen-bond donors (Lipinski definition) is 3. The normalized spacial score (nSPS) is 22.9. The van der Waals surface area contributed by atoms with Gasteiger partial charge in [0.05, 0.1) is 20.2 Å². The van der Waals surface area contributed by atoms with Gasteiger partial charge in [0.25, 0.3) is 0 Å². The van der Waals surface area contributed by atoms with Crippen molar-refractivity contribution in [1.29, 1.82) is 5.41 Å². The highest BCUT2D eigenvalue weighted by Gasteiger charge is 2.29. The van der Waals surface area contributed by atoms with Crippen molar-refractivity contribution >= 4 is 24.4 Å². The molecule has 0 amide bonds. The topological polar surface area (TPSA) is 65.7 Å². The smallest absolute Gasteiger partial charge is 0.233 e. The SMILES string of the molecule is CCCCCCOC(=N)/C(=N\S)C1=CCC[N+](C)(CO)C1. The molecular formula is C15H28N3O2S+. The highest BCUT2D eigenvalue weighted by Crippen LogP contribution is 2.18. The molecular weight excluding hydrogens is 286 g/mol. The second-order valence-corrected chi connectivity index (χ2v) is 6.05. The molecule has 0 saturated carbocycles. The summed E-state index contributed by atoms with van der Waals surface area (Å²) in [6, 6.07) is 0. The summed E-state index contributed by atoms with van der Waals surface area (Å²) < 4.78 is 9.96. The number of unbranched alkanes of at least 4 members (excludes halogenated alkanes) is 3. The van der Waals surface area contributed by atoms with Gasteiger partial charge in [-0.1, -0.05) is 32.3 Å². The van der Waals surface area contributed by atoms with Crippen LogP contribution in [0.25, 0.3) is 0 Å². The monoisotopic (exact) mass is 314 g/mol. The quantitative estimate of drug-likeness (QED) is 0.212. The summed E-state index contributed by atoms with van der Waals surface area (Å²) in [7, 11) is 2.00. The van der Waals surface area contributed by atoms with Gasteiger partial charge in [-0.2, -0.15) is 0 Å². The molecule has 5 nitrogen and oxygen atoms in total. The molecule has 1 unspecified atom stereocenters. The van der Waals surface area contributed by atoms with Crippen molar-refractivity contribution in [1.82, 2.24) is 0 Å². The van der Waals surface area contributed by atoms with Crippen LogP contribution in [-0.2, 0) is 4.74 Å². The lowest BCUT2D eigenvalue weighted by Crippen LogP contribution is -2.50. The molecule has 0 fully saturated rings. The van der Waals surface area contributed by atoms with Crippen LogP contribution in [-0.4, -0.2) is 54.7 Å². The molecule has 120 valence electrons. The molecule has 2 N–H and O–H groups in total.